The molecule has 1 N–H and O–H groups in total. The quantitative estimate of drug-likeness (QED) is 0.803. The van der Waals surface area contributed by atoms with Gasteiger partial charge in [-0.1, -0.05) is 24.3 Å². The predicted octanol–water partition coefficient (Wildman–Crippen LogP) is 3.44. The standard InChI is InChI=1S/C17H15N3OS/c1-12-4-2-3-5-14(12)10-19-16(21)15-11-22-17(20-15)13-6-8-18-9-7-13/h2-9,11H,10H2,1H3,(H,19,21). The SMILES string of the molecule is Cc1ccccc1CNC(=O)c1csc(-c2ccncc2)n1. The number of amides is 1. The van der Waals surface area contributed by atoms with Gasteiger partial charge >= 0.3 is 0 Å². The van der Waals surface area contributed by atoms with Crippen LogP contribution in [0.1, 0.15) is 21.6 Å². The number of thiazole rings is 1. The minimum atomic E-state index is -0.153. The second-order valence-electron chi connectivity index (χ2n) is 4.88. The average Bonchev–Trinajstić information content (AvgIpc) is 3.05. The molecular formula is C17H15N3OS. The Labute approximate surface area is 132 Å². The lowest BCUT2D eigenvalue weighted by molar-refractivity contribution is 0.0946. The topological polar surface area (TPSA) is 54.9 Å². The minimum absolute atomic E-state index is 0.153. The molecule has 3 aromatic rings. The Bertz CT molecular complexity index is 783. The molecule has 0 aliphatic rings. The van der Waals surface area contributed by atoms with Gasteiger partial charge in [-0.15, -0.1) is 11.3 Å². The van der Waals surface area contributed by atoms with Crippen molar-refractivity contribution in [1.82, 2.24) is 15.3 Å². The van der Waals surface area contributed by atoms with Crippen LogP contribution in [0.15, 0.2) is 54.2 Å². The van der Waals surface area contributed by atoms with Crippen LogP contribution in [0.25, 0.3) is 10.6 Å². The smallest absolute Gasteiger partial charge is 0.271 e. The third kappa shape index (κ3) is 3.20. The molecule has 5 heteroatoms. The van der Waals surface area contributed by atoms with Crippen molar-refractivity contribution in [3.63, 3.8) is 0 Å². The van der Waals surface area contributed by atoms with Crippen molar-refractivity contribution in [3.8, 4) is 10.6 Å². The third-order valence-electron chi connectivity index (χ3n) is 3.36. The highest BCUT2D eigenvalue weighted by atomic mass is 32.1. The Kier molecular flexibility index (Phi) is 4.25. The van der Waals surface area contributed by atoms with E-state index in [4.69, 9.17) is 0 Å². The summed E-state index contributed by atoms with van der Waals surface area (Å²) in [6.07, 6.45) is 3.43. The monoisotopic (exact) mass is 309 g/mol. The van der Waals surface area contributed by atoms with Crippen LogP contribution in [-0.2, 0) is 6.54 Å². The predicted molar refractivity (Wildman–Crippen MR) is 87.7 cm³/mol. The molecule has 0 bridgehead atoms. The van der Waals surface area contributed by atoms with E-state index < -0.39 is 0 Å². The van der Waals surface area contributed by atoms with Crippen LogP contribution >= 0.6 is 11.3 Å². The first kappa shape index (κ1) is 14.4. The van der Waals surface area contributed by atoms with Crippen molar-refractivity contribution < 1.29 is 4.79 Å². The molecule has 3 rings (SSSR count). The van der Waals surface area contributed by atoms with Crippen LogP contribution in [0.4, 0.5) is 0 Å². The summed E-state index contributed by atoms with van der Waals surface area (Å²) in [5, 5.41) is 5.52. The van der Waals surface area contributed by atoms with E-state index in [0.29, 0.717) is 12.2 Å². The van der Waals surface area contributed by atoms with Gasteiger partial charge in [0, 0.05) is 29.9 Å². The second kappa shape index (κ2) is 6.49. The largest absolute Gasteiger partial charge is 0.347 e. The van der Waals surface area contributed by atoms with Gasteiger partial charge in [-0.25, -0.2) is 4.98 Å². The lowest BCUT2D eigenvalue weighted by Gasteiger charge is -2.06. The van der Waals surface area contributed by atoms with Crippen LogP contribution < -0.4 is 5.32 Å². The number of pyridine rings is 1. The summed E-state index contributed by atoms with van der Waals surface area (Å²) in [4.78, 5) is 20.6. The maximum absolute atomic E-state index is 12.2. The molecule has 0 atom stereocenters. The number of rotatable bonds is 4. The van der Waals surface area contributed by atoms with E-state index in [2.05, 4.69) is 15.3 Å². The number of hydrogen-bond donors (Lipinski definition) is 1. The fourth-order valence-corrected chi connectivity index (χ4v) is 2.89. The molecule has 110 valence electrons. The van der Waals surface area contributed by atoms with E-state index in [1.54, 1.807) is 17.8 Å². The first-order valence-corrected chi connectivity index (χ1v) is 7.80. The van der Waals surface area contributed by atoms with Gasteiger partial charge in [0.1, 0.15) is 10.7 Å². The van der Waals surface area contributed by atoms with E-state index in [1.165, 1.54) is 16.9 Å². The van der Waals surface area contributed by atoms with Crippen LogP contribution in [0.2, 0.25) is 0 Å². The van der Waals surface area contributed by atoms with Gasteiger partial charge in [0.25, 0.3) is 5.91 Å². The van der Waals surface area contributed by atoms with E-state index in [0.717, 1.165) is 16.1 Å². The number of aryl methyl sites for hydroxylation is 1. The van der Waals surface area contributed by atoms with E-state index >= 15 is 0 Å². The average molecular weight is 309 g/mol. The molecule has 0 aliphatic heterocycles. The molecule has 2 aromatic heterocycles. The first-order valence-electron chi connectivity index (χ1n) is 6.92. The van der Waals surface area contributed by atoms with Crippen molar-refractivity contribution in [3.05, 3.63) is 71.0 Å². The van der Waals surface area contributed by atoms with Crippen molar-refractivity contribution in [2.45, 2.75) is 13.5 Å². The van der Waals surface area contributed by atoms with Gasteiger partial charge in [0.2, 0.25) is 0 Å². The lowest BCUT2D eigenvalue weighted by atomic mass is 10.1. The Hall–Kier alpha value is -2.53. The highest BCUT2D eigenvalue weighted by Crippen LogP contribution is 2.22. The molecule has 4 nitrogen and oxygen atoms in total. The Balaban J connectivity index is 1.69. The highest BCUT2D eigenvalue weighted by molar-refractivity contribution is 7.13. The van der Waals surface area contributed by atoms with Crippen molar-refractivity contribution in [1.29, 1.82) is 0 Å². The maximum atomic E-state index is 12.2. The van der Waals surface area contributed by atoms with E-state index in [-0.39, 0.29) is 5.91 Å². The zero-order valence-corrected chi connectivity index (χ0v) is 12.9. The van der Waals surface area contributed by atoms with Crippen LogP contribution in [0, 0.1) is 6.92 Å². The van der Waals surface area contributed by atoms with Crippen molar-refractivity contribution >= 4 is 17.2 Å². The van der Waals surface area contributed by atoms with Crippen molar-refractivity contribution in [2.24, 2.45) is 0 Å². The molecule has 0 saturated carbocycles. The molecule has 1 amide bonds. The highest BCUT2D eigenvalue weighted by Gasteiger charge is 2.11. The molecule has 22 heavy (non-hydrogen) atoms. The normalized spacial score (nSPS) is 10.4. The fourth-order valence-electron chi connectivity index (χ4n) is 2.08. The number of hydrogen-bond acceptors (Lipinski definition) is 4. The minimum Gasteiger partial charge on any atom is -0.347 e. The molecule has 0 unspecified atom stereocenters. The molecule has 0 spiro atoms. The summed E-state index contributed by atoms with van der Waals surface area (Å²) in [5.41, 5.74) is 3.70. The van der Waals surface area contributed by atoms with Crippen LogP contribution in [0.3, 0.4) is 0 Å². The van der Waals surface area contributed by atoms with Gasteiger partial charge in [-0.05, 0) is 30.2 Å². The number of carbonyl (C=O) groups excluding carboxylic acids is 1. The summed E-state index contributed by atoms with van der Waals surface area (Å²) in [7, 11) is 0. The molecule has 0 radical (unpaired) electrons. The summed E-state index contributed by atoms with van der Waals surface area (Å²) in [6.45, 7) is 2.54. The zero-order chi connectivity index (χ0) is 15.4. The van der Waals surface area contributed by atoms with Gasteiger partial charge in [0.05, 0.1) is 0 Å². The van der Waals surface area contributed by atoms with Gasteiger partial charge in [0.15, 0.2) is 0 Å². The summed E-state index contributed by atoms with van der Waals surface area (Å²) >= 11 is 1.46. The molecule has 1 aromatic carbocycles. The Morgan fingerprint density at radius 1 is 1.18 bits per heavy atom. The first-order chi connectivity index (χ1) is 10.7. The summed E-state index contributed by atoms with van der Waals surface area (Å²) in [6, 6.07) is 11.8. The Morgan fingerprint density at radius 3 is 2.73 bits per heavy atom. The third-order valence-corrected chi connectivity index (χ3v) is 4.26. The number of nitrogens with one attached hydrogen (secondary N) is 1. The molecule has 0 saturated heterocycles. The number of aromatic nitrogens is 2. The molecule has 0 fully saturated rings. The van der Waals surface area contributed by atoms with Gasteiger partial charge in [-0.2, -0.15) is 0 Å². The second-order valence-corrected chi connectivity index (χ2v) is 5.74. The lowest BCUT2D eigenvalue weighted by Crippen LogP contribution is -2.23. The zero-order valence-electron chi connectivity index (χ0n) is 12.1. The molecular weight excluding hydrogens is 294 g/mol. The van der Waals surface area contributed by atoms with E-state index in [9.17, 15) is 4.79 Å². The van der Waals surface area contributed by atoms with Gasteiger partial charge < -0.3 is 5.32 Å². The van der Waals surface area contributed by atoms with Crippen LogP contribution in [-0.4, -0.2) is 15.9 Å². The van der Waals surface area contributed by atoms with Gasteiger partial charge in [-0.3, -0.25) is 9.78 Å². The summed E-state index contributed by atoms with van der Waals surface area (Å²) in [5.74, 6) is -0.153. The molecule has 0 aliphatic carbocycles. The fraction of sp³-hybridized carbons (Fsp3) is 0.118. The van der Waals surface area contributed by atoms with Crippen molar-refractivity contribution in [2.75, 3.05) is 0 Å². The number of benzene rings is 1. The Morgan fingerprint density at radius 2 is 1.95 bits per heavy atom. The molecule has 2 heterocycles. The van der Waals surface area contributed by atoms with E-state index in [1.807, 2.05) is 43.3 Å². The maximum Gasteiger partial charge on any atom is 0.271 e. The summed E-state index contributed by atoms with van der Waals surface area (Å²) < 4.78 is 0. The van der Waals surface area contributed by atoms with Crippen LogP contribution in [0.5, 0.6) is 0 Å². The number of nitrogens with zero attached hydrogens (tertiary/aromatic N) is 2. The number of carbonyl (C=O) groups is 1.